The second kappa shape index (κ2) is 5.71. The largest absolute Gasteiger partial charge is 0.416 e. The van der Waals surface area contributed by atoms with Gasteiger partial charge < -0.3 is 11.1 Å². The third-order valence-corrected chi connectivity index (χ3v) is 4.08. The maximum atomic E-state index is 12.5. The van der Waals surface area contributed by atoms with Crippen molar-refractivity contribution in [3.63, 3.8) is 0 Å². The first-order valence-corrected chi connectivity index (χ1v) is 7.04. The Morgan fingerprint density at radius 2 is 1.79 bits per heavy atom. The second-order valence-corrected chi connectivity index (χ2v) is 5.80. The Morgan fingerprint density at radius 3 is 2.32 bits per heavy atom. The van der Waals surface area contributed by atoms with Crippen LogP contribution in [0.2, 0.25) is 0 Å². The Morgan fingerprint density at radius 1 is 1.16 bits per heavy atom. The number of benzene rings is 1. The van der Waals surface area contributed by atoms with Crippen LogP contribution in [0, 0.1) is 0 Å². The highest BCUT2D eigenvalue weighted by Gasteiger charge is 2.31. The maximum absolute atomic E-state index is 12.5. The van der Waals surface area contributed by atoms with Crippen molar-refractivity contribution in [3.8, 4) is 0 Å². The number of hydrogen-bond donors (Lipinski definition) is 2. The van der Waals surface area contributed by atoms with E-state index in [0.717, 1.165) is 37.8 Å². The van der Waals surface area contributed by atoms with Crippen LogP contribution in [0.15, 0.2) is 22.7 Å². The van der Waals surface area contributed by atoms with Crippen LogP contribution in [0.1, 0.15) is 31.2 Å². The fraction of sp³-hybridized carbons (Fsp3) is 0.538. The van der Waals surface area contributed by atoms with Crippen molar-refractivity contribution in [3.05, 3.63) is 28.2 Å². The summed E-state index contributed by atoms with van der Waals surface area (Å²) >= 11 is 3.19. The van der Waals surface area contributed by atoms with Crippen LogP contribution >= 0.6 is 15.9 Å². The zero-order valence-corrected chi connectivity index (χ0v) is 11.9. The number of rotatable bonds is 2. The summed E-state index contributed by atoms with van der Waals surface area (Å²) in [5.74, 6) is 0. The summed E-state index contributed by atoms with van der Waals surface area (Å²) in [5.41, 5.74) is 5.89. The summed E-state index contributed by atoms with van der Waals surface area (Å²) in [7, 11) is 0. The van der Waals surface area contributed by atoms with Crippen molar-refractivity contribution in [2.24, 2.45) is 5.73 Å². The molecule has 1 aromatic carbocycles. The quantitative estimate of drug-likeness (QED) is 0.851. The highest BCUT2D eigenvalue weighted by molar-refractivity contribution is 9.10. The maximum Gasteiger partial charge on any atom is 0.416 e. The molecule has 0 aromatic heterocycles. The van der Waals surface area contributed by atoms with Crippen molar-refractivity contribution in [1.82, 2.24) is 0 Å². The number of halogens is 4. The van der Waals surface area contributed by atoms with Gasteiger partial charge in [-0.2, -0.15) is 13.2 Å². The van der Waals surface area contributed by atoms with E-state index in [9.17, 15) is 13.2 Å². The molecule has 1 saturated carbocycles. The molecule has 0 atom stereocenters. The lowest BCUT2D eigenvalue weighted by Gasteiger charge is -2.28. The fourth-order valence-corrected chi connectivity index (χ4v) is 2.79. The van der Waals surface area contributed by atoms with Gasteiger partial charge in [0, 0.05) is 22.2 Å². The van der Waals surface area contributed by atoms with E-state index in [1.165, 1.54) is 6.07 Å². The molecule has 106 valence electrons. The smallest absolute Gasteiger partial charge is 0.381 e. The third kappa shape index (κ3) is 3.86. The van der Waals surface area contributed by atoms with E-state index >= 15 is 0 Å². The predicted molar refractivity (Wildman–Crippen MR) is 73.0 cm³/mol. The van der Waals surface area contributed by atoms with E-state index in [1.54, 1.807) is 0 Å². The number of anilines is 1. The van der Waals surface area contributed by atoms with Crippen molar-refractivity contribution >= 4 is 21.6 Å². The lowest BCUT2D eigenvalue weighted by Crippen LogP contribution is -2.32. The van der Waals surface area contributed by atoms with Crippen molar-refractivity contribution in [2.45, 2.75) is 43.9 Å². The van der Waals surface area contributed by atoms with Crippen molar-refractivity contribution in [2.75, 3.05) is 5.32 Å². The minimum absolute atomic E-state index is 0.258. The Bertz CT molecular complexity index is 440. The van der Waals surface area contributed by atoms with Gasteiger partial charge >= 0.3 is 6.18 Å². The highest BCUT2D eigenvalue weighted by atomic mass is 79.9. The van der Waals surface area contributed by atoms with Crippen LogP contribution < -0.4 is 11.1 Å². The van der Waals surface area contributed by atoms with Crippen LogP contribution in [-0.2, 0) is 6.18 Å². The lowest BCUT2D eigenvalue weighted by atomic mass is 9.91. The molecule has 1 aliphatic rings. The Labute approximate surface area is 118 Å². The molecule has 2 rings (SSSR count). The standard InChI is InChI=1S/C13H16BrF3N2/c14-11-7-8(13(15,16)17)1-6-12(11)19-10-4-2-9(18)3-5-10/h1,6-7,9-10,19H,2-5,18H2. The molecule has 0 saturated heterocycles. The van der Waals surface area contributed by atoms with Crippen LogP contribution in [0.5, 0.6) is 0 Å². The number of nitrogens with one attached hydrogen (secondary N) is 1. The Kier molecular flexibility index (Phi) is 4.40. The summed E-state index contributed by atoms with van der Waals surface area (Å²) < 4.78 is 38.1. The fourth-order valence-electron chi connectivity index (χ4n) is 2.29. The zero-order valence-electron chi connectivity index (χ0n) is 10.3. The van der Waals surface area contributed by atoms with Gasteiger partial charge in [-0.3, -0.25) is 0 Å². The Hall–Kier alpha value is -0.750. The van der Waals surface area contributed by atoms with Crippen molar-refractivity contribution in [1.29, 1.82) is 0 Å². The molecule has 0 aliphatic heterocycles. The summed E-state index contributed by atoms with van der Waals surface area (Å²) in [6, 6.07) is 4.22. The molecular formula is C13H16BrF3N2. The molecule has 1 aliphatic carbocycles. The van der Waals surface area contributed by atoms with E-state index in [-0.39, 0.29) is 12.1 Å². The van der Waals surface area contributed by atoms with Gasteiger partial charge in [-0.25, -0.2) is 0 Å². The average Bonchev–Trinajstić information content (AvgIpc) is 2.33. The SMILES string of the molecule is NC1CCC(Nc2ccc(C(F)(F)F)cc2Br)CC1. The van der Waals surface area contributed by atoms with Gasteiger partial charge in [-0.15, -0.1) is 0 Å². The molecule has 2 nitrogen and oxygen atoms in total. The number of hydrogen-bond acceptors (Lipinski definition) is 2. The monoisotopic (exact) mass is 336 g/mol. The molecule has 6 heteroatoms. The molecule has 0 heterocycles. The number of nitrogens with two attached hydrogens (primary N) is 1. The van der Waals surface area contributed by atoms with Crippen molar-refractivity contribution < 1.29 is 13.2 Å². The van der Waals surface area contributed by atoms with E-state index in [1.807, 2.05) is 0 Å². The third-order valence-electron chi connectivity index (χ3n) is 3.43. The topological polar surface area (TPSA) is 38.0 Å². The molecule has 1 aromatic rings. The molecule has 3 N–H and O–H groups in total. The van der Waals surface area contributed by atoms with E-state index in [0.29, 0.717) is 10.2 Å². The Balaban J connectivity index is 2.05. The first-order chi connectivity index (χ1) is 8.86. The molecule has 0 unspecified atom stereocenters. The second-order valence-electron chi connectivity index (χ2n) is 4.95. The van der Waals surface area contributed by atoms with Gasteiger partial charge in [0.05, 0.1) is 5.56 Å². The van der Waals surface area contributed by atoms with Gasteiger partial charge in [-0.05, 0) is 59.8 Å². The highest BCUT2D eigenvalue weighted by Crippen LogP contribution is 2.34. The molecule has 1 fully saturated rings. The van der Waals surface area contributed by atoms with Gasteiger partial charge in [-0.1, -0.05) is 0 Å². The zero-order chi connectivity index (χ0) is 14.0. The average molecular weight is 337 g/mol. The van der Waals surface area contributed by atoms with Gasteiger partial charge in [0.25, 0.3) is 0 Å². The summed E-state index contributed by atoms with van der Waals surface area (Å²) in [5, 5.41) is 3.28. The molecule has 0 bridgehead atoms. The molecular weight excluding hydrogens is 321 g/mol. The van der Waals surface area contributed by atoms with Gasteiger partial charge in [0.15, 0.2) is 0 Å². The molecule has 0 amide bonds. The van der Waals surface area contributed by atoms with E-state index in [4.69, 9.17) is 5.73 Å². The number of alkyl halides is 3. The molecule has 0 spiro atoms. The van der Waals surface area contributed by atoms with Gasteiger partial charge in [0.2, 0.25) is 0 Å². The van der Waals surface area contributed by atoms with Crippen LogP contribution in [0.4, 0.5) is 18.9 Å². The van der Waals surface area contributed by atoms with Crippen LogP contribution in [0.25, 0.3) is 0 Å². The van der Waals surface area contributed by atoms with Gasteiger partial charge in [0.1, 0.15) is 0 Å². The first-order valence-electron chi connectivity index (χ1n) is 6.25. The molecule has 0 radical (unpaired) electrons. The normalized spacial score (nSPS) is 24.3. The van der Waals surface area contributed by atoms with Crippen LogP contribution in [0.3, 0.4) is 0 Å². The predicted octanol–water partition coefficient (Wildman–Crippen LogP) is 4.15. The van der Waals surface area contributed by atoms with E-state index in [2.05, 4.69) is 21.2 Å². The molecule has 19 heavy (non-hydrogen) atoms. The van der Waals surface area contributed by atoms with Crippen LogP contribution in [-0.4, -0.2) is 12.1 Å². The summed E-state index contributed by atoms with van der Waals surface area (Å²) in [6.07, 6.45) is -0.492. The lowest BCUT2D eigenvalue weighted by molar-refractivity contribution is -0.137. The minimum atomic E-state index is -4.31. The summed E-state index contributed by atoms with van der Waals surface area (Å²) in [4.78, 5) is 0. The first kappa shape index (κ1) is 14.7. The minimum Gasteiger partial charge on any atom is -0.381 e. The summed E-state index contributed by atoms with van der Waals surface area (Å²) in [6.45, 7) is 0. The van der Waals surface area contributed by atoms with E-state index < -0.39 is 11.7 Å².